The van der Waals surface area contributed by atoms with Crippen molar-refractivity contribution >= 4 is 17.6 Å². The van der Waals surface area contributed by atoms with Crippen LogP contribution in [0.15, 0.2) is 48.5 Å². The summed E-state index contributed by atoms with van der Waals surface area (Å²) in [5, 5.41) is 0. The van der Waals surface area contributed by atoms with Crippen LogP contribution in [0.25, 0.3) is 0 Å². The zero-order valence-corrected chi connectivity index (χ0v) is 27.8. The molecule has 1 saturated heterocycles. The molecule has 1 aliphatic rings. The number of anilines is 1. The molecule has 1 fully saturated rings. The first-order chi connectivity index (χ1) is 22.2. The van der Waals surface area contributed by atoms with E-state index < -0.39 is 24.2 Å². The Labute approximate surface area is 273 Å². The summed E-state index contributed by atoms with van der Waals surface area (Å²) in [4.78, 5) is 30.0. The number of unbranched alkanes of at least 4 members (excludes halogenated alkanes) is 11. The van der Waals surface area contributed by atoms with Gasteiger partial charge in [0.05, 0.1) is 11.1 Å². The van der Waals surface area contributed by atoms with Crippen molar-refractivity contribution in [2.24, 2.45) is 0 Å². The highest BCUT2D eigenvalue weighted by Gasteiger charge is 2.42. The number of carbonyl (C=O) groups is 2. The third kappa shape index (κ3) is 13.3. The van der Waals surface area contributed by atoms with Crippen molar-refractivity contribution in [3.05, 3.63) is 59.7 Å². The lowest BCUT2D eigenvalue weighted by atomic mass is 10.1. The van der Waals surface area contributed by atoms with Gasteiger partial charge in [0, 0.05) is 31.9 Å². The van der Waals surface area contributed by atoms with Gasteiger partial charge in [-0.3, -0.25) is 4.90 Å². The lowest BCUT2D eigenvalue weighted by molar-refractivity contribution is -0.206. The lowest BCUT2D eigenvalue weighted by Gasteiger charge is -2.36. The summed E-state index contributed by atoms with van der Waals surface area (Å²) in [5.74, 6) is -1.44. The molecule has 1 atom stereocenters. The molecule has 46 heavy (non-hydrogen) atoms. The van der Waals surface area contributed by atoms with E-state index in [4.69, 9.17) is 9.47 Å². The zero-order valence-electron chi connectivity index (χ0n) is 27.8. The normalized spacial score (nSPS) is 14.7. The Morgan fingerprint density at radius 1 is 0.674 bits per heavy atom. The van der Waals surface area contributed by atoms with Crippen molar-refractivity contribution in [3.63, 3.8) is 0 Å². The number of hydrogen-bond donors (Lipinski definition) is 0. The number of benzene rings is 2. The highest BCUT2D eigenvalue weighted by atomic mass is 19.4. The molecule has 256 valence electrons. The average molecular weight is 647 g/mol. The van der Waals surface area contributed by atoms with Gasteiger partial charge in [-0.25, -0.2) is 9.59 Å². The van der Waals surface area contributed by atoms with Crippen molar-refractivity contribution < 1.29 is 32.2 Å². The molecule has 0 amide bonds. The highest BCUT2D eigenvalue weighted by molar-refractivity contribution is 5.92. The van der Waals surface area contributed by atoms with Gasteiger partial charge in [-0.2, -0.15) is 13.2 Å². The van der Waals surface area contributed by atoms with E-state index in [0.717, 1.165) is 51.3 Å². The predicted molar refractivity (Wildman–Crippen MR) is 178 cm³/mol. The van der Waals surface area contributed by atoms with Crippen molar-refractivity contribution in [1.82, 2.24) is 4.90 Å². The Bertz CT molecular complexity index is 1150. The fourth-order valence-corrected chi connectivity index (χ4v) is 5.75. The number of hydrogen-bond acceptors (Lipinski definition) is 6. The molecule has 0 saturated carbocycles. The molecule has 3 rings (SSSR count). The Morgan fingerprint density at radius 2 is 1.17 bits per heavy atom. The first kappa shape index (κ1) is 37.4. The SMILES string of the molecule is CCCCCCCCCCCN1CCN(c2ccc(C(=O)Oc3ccc(C(=O)O[C@H](CCCCCC)C(F)(F)F)cc3)cc2)CC1. The summed E-state index contributed by atoms with van der Waals surface area (Å²) in [7, 11) is 0. The Balaban J connectivity index is 1.39. The van der Waals surface area contributed by atoms with E-state index in [1.807, 2.05) is 19.1 Å². The molecule has 9 heteroatoms. The van der Waals surface area contributed by atoms with Gasteiger partial charge in [-0.15, -0.1) is 0 Å². The van der Waals surface area contributed by atoms with Crippen molar-refractivity contribution in [1.29, 1.82) is 0 Å². The van der Waals surface area contributed by atoms with E-state index in [1.165, 1.54) is 82.1 Å². The molecule has 0 aliphatic carbocycles. The largest absolute Gasteiger partial charge is 0.449 e. The quantitative estimate of drug-likeness (QED) is 0.0811. The minimum atomic E-state index is -4.63. The van der Waals surface area contributed by atoms with Crippen LogP contribution in [0.3, 0.4) is 0 Å². The van der Waals surface area contributed by atoms with Crippen LogP contribution in [0.1, 0.15) is 124 Å². The van der Waals surface area contributed by atoms with Crippen molar-refractivity contribution in [2.75, 3.05) is 37.6 Å². The number of carbonyl (C=O) groups excluding carboxylic acids is 2. The maximum absolute atomic E-state index is 13.4. The summed E-state index contributed by atoms with van der Waals surface area (Å²) < 4.78 is 50.4. The number of ether oxygens (including phenoxy) is 2. The Kier molecular flexibility index (Phi) is 16.4. The third-order valence-electron chi connectivity index (χ3n) is 8.65. The van der Waals surface area contributed by atoms with Crippen LogP contribution < -0.4 is 9.64 Å². The first-order valence-corrected chi connectivity index (χ1v) is 17.4. The van der Waals surface area contributed by atoms with Crippen LogP contribution in [0, 0.1) is 0 Å². The number of rotatable bonds is 20. The number of nitrogens with zero attached hydrogens (tertiary/aromatic N) is 2. The van der Waals surface area contributed by atoms with Crippen LogP contribution in [-0.2, 0) is 4.74 Å². The van der Waals surface area contributed by atoms with Crippen LogP contribution in [0.2, 0.25) is 0 Å². The number of esters is 2. The second-order valence-electron chi connectivity index (χ2n) is 12.4. The third-order valence-corrected chi connectivity index (χ3v) is 8.65. The standard InChI is InChI=1S/C37H53F3N2O4/c1-3-5-7-9-10-11-12-13-15-25-41-26-28-42(29-27-41)32-21-17-30(18-22-32)35(43)45-33-23-19-31(20-24-33)36(44)46-34(37(38,39)40)16-14-8-6-4-2/h17-24,34H,3-16,25-29H2,1-2H3/t34-/m1/s1. The van der Waals surface area contributed by atoms with Gasteiger partial charge in [0.1, 0.15) is 5.75 Å². The van der Waals surface area contributed by atoms with Crippen molar-refractivity contribution in [2.45, 2.75) is 116 Å². The molecule has 0 unspecified atom stereocenters. The topological polar surface area (TPSA) is 59.1 Å². The summed E-state index contributed by atoms with van der Waals surface area (Å²) in [6, 6.07) is 12.7. The monoisotopic (exact) mass is 646 g/mol. The molecular formula is C37H53F3N2O4. The molecule has 1 heterocycles. The van der Waals surface area contributed by atoms with E-state index in [9.17, 15) is 22.8 Å². The van der Waals surface area contributed by atoms with E-state index >= 15 is 0 Å². The molecule has 1 aliphatic heterocycles. The summed E-state index contributed by atoms with van der Waals surface area (Å²) in [5.41, 5.74) is 1.40. The number of piperazine rings is 1. The summed E-state index contributed by atoms with van der Waals surface area (Å²) in [6.07, 6.45) is 7.73. The highest BCUT2D eigenvalue weighted by Crippen LogP contribution is 2.28. The van der Waals surface area contributed by atoms with Gasteiger partial charge in [-0.05, 0) is 74.3 Å². The minimum absolute atomic E-state index is 0.0415. The molecule has 0 bridgehead atoms. The smallest absolute Gasteiger partial charge is 0.425 e. The molecule has 0 spiro atoms. The minimum Gasteiger partial charge on any atom is -0.449 e. The van der Waals surface area contributed by atoms with Gasteiger partial charge in [-0.1, -0.05) is 84.5 Å². The molecular weight excluding hydrogens is 593 g/mol. The van der Waals surface area contributed by atoms with E-state index in [1.54, 1.807) is 12.1 Å². The fraction of sp³-hybridized carbons (Fsp3) is 0.622. The fourth-order valence-electron chi connectivity index (χ4n) is 5.75. The first-order valence-electron chi connectivity index (χ1n) is 17.4. The van der Waals surface area contributed by atoms with E-state index in [0.29, 0.717) is 18.4 Å². The zero-order chi connectivity index (χ0) is 33.2. The maximum Gasteiger partial charge on any atom is 0.425 e. The van der Waals surface area contributed by atoms with Crippen LogP contribution in [0.4, 0.5) is 18.9 Å². The van der Waals surface area contributed by atoms with Crippen LogP contribution in [0.5, 0.6) is 5.75 Å². The molecule has 2 aromatic carbocycles. The molecule has 0 N–H and O–H groups in total. The van der Waals surface area contributed by atoms with Crippen molar-refractivity contribution in [3.8, 4) is 5.75 Å². The Morgan fingerprint density at radius 3 is 1.74 bits per heavy atom. The molecule has 0 aromatic heterocycles. The van der Waals surface area contributed by atoms with Crippen LogP contribution >= 0.6 is 0 Å². The summed E-state index contributed by atoms with van der Waals surface area (Å²) >= 11 is 0. The van der Waals surface area contributed by atoms with Gasteiger partial charge < -0.3 is 14.4 Å². The number of halogens is 3. The van der Waals surface area contributed by atoms with E-state index in [-0.39, 0.29) is 17.7 Å². The van der Waals surface area contributed by atoms with Crippen LogP contribution in [-0.4, -0.2) is 61.8 Å². The summed E-state index contributed by atoms with van der Waals surface area (Å²) in [6.45, 7) is 9.33. The average Bonchev–Trinajstić information content (AvgIpc) is 3.05. The van der Waals surface area contributed by atoms with Gasteiger partial charge in [0.15, 0.2) is 6.10 Å². The van der Waals surface area contributed by atoms with Gasteiger partial charge in [0.2, 0.25) is 0 Å². The predicted octanol–water partition coefficient (Wildman–Crippen LogP) is 9.62. The second-order valence-corrected chi connectivity index (χ2v) is 12.4. The molecule has 2 aromatic rings. The molecule has 6 nitrogen and oxygen atoms in total. The van der Waals surface area contributed by atoms with Gasteiger partial charge >= 0.3 is 18.1 Å². The second kappa shape index (κ2) is 20.2. The maximum atomic E-state index is 13.4. The van der Waals surface area contributed by atoms with Gasteiger partial charge in [0.25, 0.3) is 0 Å². The number of alkyl halides is 3. The van der Waals surface area contributed by atoms with E-state index in [2.05, 4.69) is 16.7 Å². The Hall–Kier alpha value is -3.07. The lowest BCUT2D eigenvalue weighted by Crippen LogP contribution is -2.46. The molecule has 0 radical (unpaired) electrons.